The SMILES string of the molecule is CC(=O)O.CC(=O)O.CC(=O)O.CC(=O)O.CC(=O)O.CC(=O)O.CC(=O)O.CC(=O)O.CCCCCCCBr.O.[O]=[Ti]=[O].[Zn]. The van der Waals surface area contributed by atoms with Crippen molar-refractivity contribution in [1.82, 2.24) is 0 Å². The smallest absolute Gasteiger partial charge is 0 e. The molecule has 0 aromatic carbocycles. The van der Waals surface area contributed by atoms with E-state index in [1.54, 1.807) is 0 Å². The molecule has 0 aromatic rings. The van der Waals surface area contributed by atoms with E-state index in [9.17, 15) is 0 Å². The molecule has 0 aliphatic carbocycles. The number of carbonyl (C=O) groups is 8. The molecule has 10 N–H and O–H groups in total. The molecule has 0 spiro atoms. The number of alkyl halides is 1. The van der Waals surface area contributed by atoms with Gasteiger partial charge in [-0.25, -0.2) is 0 Å². The minimum Gasteiger partial charge on any atom is 0 e. The first-order valence-corrected chi connectivity index (χ1v) is 13.7. The molecular weight excluding hydrogens is 773 g/mol. The molecule has 268 valence electrons. The van der Waals surface area contributed by atoms with E-state index in [1.807, 2.05) is 0 Å². The Morgan fingerprint density at radius 2 is 0.556 bits per heavy atom. The van der Waals surface area contributed by atoms with Crippen LogP contribution in [0.2, 0.25) is 0 Å². The Morgan fingerprint density at radius 1 is 0.444 bits per heavy atom. The summed E-state index contributed by atoms with van der Waals surface area (Å²) in [6, 6.07) is 0. The van der Waals surface area contributed by atoms with Crippen LogP contribution in [-0.2, 0) is 83.6 Å². The Balaban J connectivity index is -0.0000000271. The molecule has 0 saturated carbocycles. The molecule has 0 bridgehead atoms. The zero-order valence-corrected chi connectivity index (χ0v) is 33.1. The molecule has 19 nitrogen and oxygen atoms in total. The van der Waals surface area contributed by atoms with E-state index >= 15 is 0 Å². The third-order valence-corrected chi connectivity index (χ3v) is 1.80. The second-order valence-corrected chi connectivity index (χ2v) is 7.39. The van der Waals surface area contributed by atoms with Crippen LogP contribution in [0.5, 0.6) is 0 Å². The summed E-state index contributed by atoms with van der Waals surface area (Å²) in [6.07, 6.45) is 6.93. The number of unbranched alkanes of at least 4 members (excludes halogenated alkanes) is 4. The molecule has 0 radical (unpaired) electrons. The van der Waals surface area contributed by atoms with Crippen LogP contribution in [-0.4, -0.2) is 99.4 Å². The van der Waals surface area contributed by atoms with Crippen molar-refractivity contribution >= 4 is 63.7 Å². The topological polar surface area (TPSA) is 364 Å². The third kappa shape index (κ3) is 13800. The Bertz CT molecular complexity index is 547. The summed E-state index contributed by atoms with van der Waals surface area (Å²) in [7, 11) is 0. The summed E-state index contributed by atoms with van der Waals surface area (Å²) in [5.41, 5.74) is 0. The molecule has 0 fully saturated rings. The summed E-state index contributed by atoms with van der Waals surface area (Å²) >= 11 is 1.40. The Morgan fingerprint density at radius 3 is 0.644 bits per heavy atom. The quantitative estimate of drug-likeness (QED) is 0.112. The van der Waals surface area contributed by atoms with Gasteiger partial charge in [0, 0.05) is 80.2 Å². The van der Waals surface area contributed by atoms with Crippen LogP contribution in [0.4, 0.5) is 0 Å². The minimum absolute atomic E-state index is 0. The van der Waals surface area contributed by atoms with Gasteiger partial charge in [0.1, 0.15) is 0 Å². The van der Waals surface area contributed by atoms with Gasteiger partial charge in [0.2, 0.25) is 0 Å². The van der Waals surface area contributed by atoms with E-state index in [2.05, 4.69) is 22.9 Å². The Labute approximate surface area is 292 Å². The molecule has 0 saturated heterocycles. The van der Waals surface area contributed by atoms with E-state index in [1.165, 1.54) is 37.4 Å². The monoisotopic (exact) mass is 820 g/mol. The van der Waals surface area contributed by atoms with Gasteiger partial charge in [-0.05, 0) is 6.42 Å². The Hall–Kier alpha value is -2.86. The first-order valence-electron chi connectivity index (χ1n) is 11.3. The maximum Gasteiger partial charge on any atom is 0 e. The number of rotatable bonds is 5. The standard InChI is InChI=1S/C7H15Br.8C2H4O2.H2O.2O.Ti.Zn/c1-2-3-4-5-6-7-8;8*1-2(3)4;;;;;/h2-7H2,1H3;8*1H3,(H,3,4);1H2;;;;. The van der Waals surface area contributed by atoms with Crippen molar-refractivity contribution in [2.45, 2.75) is 94.4 Å². The maximum absolute atomic E-state index is 9.00. The van der Waals surface area contributed by atoms with Crippen molar-refractivity contribution in [2.24, 2.45) is 0 Å². The zero-order chi connectivity index (χ0) is 37.6. The van der Waals surface area contributed by atoms with Gasteiger partial charge in [-0.15, -0.1) is 0 Å². The fraction of sp³-hybridized carbons (Fsp3) is 0.652. The average molecular weight is 823 g/mol. The van der Waals surface area contributed by atoms with E-state index in [4.69, 9.17) is 85.9 Å². The van der Waals surface area contributed by atoms with Crippen molar-refractivity contribution < 1.29 is 130 Å². The molecule has 0 unspecified atom stereocenters. The average Bonchev–Trinajstić information content (AvgIpc) is 2.68. The van der Waals surface area contributed by atoms with Gasteiger partial charge in [0.25, 0.3) is 47.8 Å². The molecule has 0 amide bonds. The molecule has 0 atom stereocenters. The van der Waals surface area contributed by atoms with E-state index in [0.29, 0.717) is 0 Å². The molecule has 45 heavy (non-hydrogen) atoms. The van der Waals surface area contributed by atoms with Gasteiger partial charge >= 0.3 is 25.7 Å². The second kappa shape index (κ2) is 83.7. The number of hydrogen-bond donors (Lipinski definition) is 8. The van der Waals surface area contributed by atoms with Crippen LogP contribution in [0.1, 0.15) is 94.4 Å². The third-order valence-electron chi connectivity index (χ3n) is 1.24. The van der Waals surface area contributed by atoms with Crippen molar-refractivity contribution in [1.29, 1.82) is 0 Å². The van der Waals surface area contributed by atoms with Gasteiger partial charge in [0.05, 0.1) is 0 Å². The summed E-state index contributed by atoms with van der Waals surface area (Å²) < 4.78 is 17.0. The second-order valence-electron chi connectivity index (χ2n) is 6.34. The van der Waals surface area contributed by atoms with Crippen LogP contribution < -0.4 is 0 Å². The Kier molecular flexibility index (Phi) is 146. The van der Waals surface area contributed by atoms with Crippen molar-refractivity contribution in [3.05, 3.63) is 0 Å². The normalized spacial score (nSPS) is 6.36. The van der Waals surface area contributed by atoms with Crippen molar-refractivity contribution in [3.63, 3.8) is 0 Å². The number of carboxylic acids is 8. The number of hydrogen-bond acceptors (Lipinski definition) is 10. The number of carboxylic acid groups (broad SMARTS) is 8. The summed E-state index contributed by atoms with van der Waals surface area (Å²) in [4.78, 5) is 72.0. The van der Waals surface area contributed by atoms with Gasteiger partial charge in [-0.3, -0.25) is 38.4 Å². The van der Waals surface area contributed by atoms with Crippen LogP contribution in [0.3, 0.4) is 0 Å². The number of halogens is 1. The predicted octanol–water partition coefficient (Wildman–Crippen LogP) is 3.01. The summed E-state index contributed by atoms with van der Waals surface area (Å²) in [6.45, 7) is 10.9. The first kappa shape index (κ1) is 78.5. The summed E-state index contributed by atoms with van der Waals surface area (Å²) in [5.74, 6) is -6.67. The minimum atomic E-state index is -2.00. The number of aliphatic carboxylic acids is 8. The largest absolute Gasteiger partial charge is 0 e. The summed E-state index contributed by atoms with van der Waals surface area (Å²) in [5, 5.41) is 60.5. The van der Waals surface area contributed by atoms with Gasteiger partial charge in [-0.2, -0.15) is 0 Å². The fourth-order valence-electron chi connectivity index (χ4n) is 0.698. The molecule has 0 rings (SSSR count). The molecule has 0 aliphatic heterocycles. The molecule has 0 aliphatic rings. The van der Waals surface area contributed by atoms with Crippen LogP contribution in [0, 0.1) is 0 Å². The van der Waals surface area contributed by atoms with Gasteiger partial charge in [0.15, 0.2) is 0 Å². The fourth-order valence-corrected chi connectivity index (χ4v) is 1.09. The van der Waals surface area contributed by atoms with Crippen molar-refractivity contribution in [3.8, 4) is 0 Å². The van der Waals surface area contributed by atoms with Crippen molar-refractivity contribution in [2.75, 3.05) is 5.33 Å². The van der Waals surface area contributed by atoms with Crippen LogP contribution >= 0.6 is 15.9 Å². The van der Waals surface area contributed by atoms with Crippen LogP contribution in [0.25, 0.3) is 0 Å². The molecule has 0 aromatic heterocycles. The van der Waals surface area contributed by atoms with Gasteiger partial charge in [-0.1, -0.05) is 48.5 Å². The predicted molar refractivity (Wildman–Crippen MR) is 154 cm³/mol. The first-order chi connectivity index (χ1) is 19.2. The molecule has 0 heterocycles. The van der Waals surface area contributed by atoms with E-state index < -0.39 is 66.8 Å². The maximum atomic E-state index is 9.00. The zero-order valence-electron chi connectivity index (χ0n) is 27.0. The van der Waals surface area contributed by atoms with E-state index in [-0.39, 0.29) is 25.0 Å². The van der Waals surface area contributed by atoms with E-state index in [0.717, 1.165) is 55.4 Å². The molecular formula is C23H49BrO19TiZn. The van der Waals surface area contributed by atoms with Gasteiger partial charge < -0.3 is 46.3 Å². The molecule has 22 heteroatoms. The van der Waals surface area contributed by atoms with Crippen LogP contribution in [0.15, 0.2) is 0 Å².